The van der Waals surface area contributed by atoms with E-state index in [0.29, 0.717) is 23.6 Å². The number of hydrogen-bond donors (Lipinski definition) is 2. The first kappa shape index (κ1) is 17.3. The molecule has 1 aliphatic heterocycles. The van der Waals surface area contributed by atoms with Gasteiger partial charge >= 0.3 is 0 Å². The minimum atomic E-state index is -0.159. The Hall–Kier alpha value is -2.50. The first-order chi connectivity index (χ1) is 12.1. The van der Waals surface area contributed by atoms with Gasteiger partial charge in [-0.25, -0.2) is 0 Å². The third-order valence-corrected chi connectivity index (χ3v) is 4.88. The van der Waals surface area contributed by atoms with Crippen LogP contribution in [0.15, 0.2) is 29.3 Å². The van der Waals surface area contributed by atoms with E-state index in [1.165, 1.54) is 0 Å². The van der Waals surface area contributed by atoms with Gasteiger partial charge in [-0.05, 0) is 43.0 Å². The van der Waals surface area contributed by atoms with Gasteiger partial charge in [0.1, 0.15) is 11.5 Å². The summed E-state index contributed by atoms with van der Waals surface area (Å²) in [4.78, 5) is 24.5. The fourth-order valence-electron chi connectivity index (χ4n) is 3.55. The van der Waals surface area contributed by atoms with Crippen LogP contribution in [0.5, 0.6) is 11.5 Å². The van der Waals surface area contributed by atoms with Crippen molar-refractivity contribution in [2.24, 2.45) is 0 Å². The average Bonchev–Trinajstić information content (AvgIpc) is 2.95. The molecule has 1 aromatic carbocycles. The van der Waals surface area contributed by atoms with Gasteiger partial charge in [-0.1, -0.05) is 6.42 Å². The smallest absolute Gasteiger partial charge is 0.248 e. The highest BCUT2D eigenvalue weighted by Gasteiger charge is 2.33. The van der Waals surface area contributed by atoms with Gasteiger partial charge < -0.3 is 20.1 Å². The van der Waals surface area contributed by atoms with Crippen LogP contribution in [0, 0.1) is 0 Å². The van der Waals surface area contributed by atoms with Crippen LogP contribution in [-0.4, -0.2) is 32.1 Å². The van der Waals surface area contributed by atoms with Gasteiger partial charge in [0.25, 0.3) is 0 Å². The van der Waals surface area contributed by atoms with Crippen molar-refractivity contribution in [2.75, 3.05) is 14.2 Å². The lowest BCUT2D eigenvalue weighted by atomic mass is 9.88. The van der Waals surface area contributed by atoms with Crippen LogP contribution < -0.4 is 20.1 Å². The maximum absolute atomic E-state index is 12.3. The normalized spacial score (nSPS) is 19.3. The molecule has 1 fully saturated rings. The summed E-state index contributed by atoms with van der Waals surface area (Å²) >= 11 is 0. The van der Waals surface area contributed by atoms with Crippen molar-refractivity contribution in [2.45, 2.75) is 44.7 Å². The largest absolute Gasteiger partial charge is 0.497 e. The highest BCUT2D eigenvalue weighted by Crippen LogP contribution is 2.32. The van der Waals surface area contributed by atoms with Crippen LogP contribution in [0.4, 0.5) is 0 Å². The number of ether oxygens (including phenoxy) is 2. The van der Waals surface area contributed by atoms with E-state index in [9.17, 15) is 9.59 Å². The minimum absolute atomic E-state index is 0.0870. The molecule has 25 heavy (non-hydrogen) atoms. The van der Waals surface area contributed by atoms with E-state index < -0.39 is 0 Å². The Morgan fingerprint density at radius 1 is 1.28 bits per heavy atom. The van der Waals surface area contributed by atoms with Crippen LogP contribution in [0.1, 0.15) is 37.7 Å². The van der Waals surface area contributed by atoms with Crippen LogP contribution in [-0.2, 0) is 16.1 Å². The number of carbonyl (C=O) groups excluding carboxylic acids is 2. The van der Waals surface area contributed by atoms with Gasteiger partial charge in [-0.3, -0.25) is 9.59 Å². The maximum atomic E-state index is 12.3. The molecule has 134 valence electrons. The number of amides is 2. The molecule has 2 N–H and O–H groups in total. The van der Waals surface area contributed by atoms with Gasteiger partial charge in [-0.15, -0.1) is 0 Å². The summed E-state index contributed by atoms with van der Waals surface area (Å²) in [5, 5.41) is 5.87. The van der Waals surface area contributed by atoms with Gasteiger partial charge in [0, 0.05) is 17.7 Å². The van der Waals surface area contributed by atoms with Gasteiger partial charge in [0.05, 0.1) is 26.7 Å². The molecule has 2 aliphatic rings. The molecule has 0 spiro atoms. The van der Waals surface area contributed by atoms with Crippen molar-refractivity contribution in [1.29, 1.82) is 0 Å². The van der Waals surface area contributed by atoms with E-state index in [1.54, 1.807) is 14.2 Å². The summed E-state index contributed by atoms with van der Waals surface area (Å²) < 4.78 is 10.5. The highest BCUT2D eigenvalue weighted by molar-refractivity contribution is 6.02. The van der Waals surface area contributed by atoms with Gasteiger partial charge in [0.2, 0.25) is 11.8 Å². The molecular formula is C19H24N2O4. The third-order valence-electron chi connectivity index (χ3n) is 4.88. The third kappa shape index (κ3) is 3.78. The Bertz CT molecular complexity index is 711. The molecule has 1 heterocycles. The summed E-state index contributed by atoms with van der Waals surface area (Å²) in [7, 11) is 3.18. The fraction of sp³-hybridized carbons (Fsp3) is 0.474. The molecule has 6 nitrogen and oxygen atoms in total. The first-order valence-corrected chi connectivity index (χ1v) is 8.62. The number of rotatable bonds is 6. The van der Waals surface area contributed by atoms with Crippen LogP contribution >= 0.6 is 0 Å². The molecule has 0 radical (unpaired) electrons. The number of hydrogen-bond acceptors (Lipinski definition) is 4. The van der Waals surface area contributed by atoms with Crippen LogP contribution in [0.25, 0.3) is 0 Å². The second kappa shape index (κ2) is 7.59. The lowest BCUT2D eigenvalue weighted by Gasteiger charge is -2.20. The summed E-state index contributed by atoms with van der Waals surface area (Å²) in [5.74, 6) is 1.15. The molecule has 1 saturated carbocycles. The van der Waals surface area contributed by atoms with Crippen molar-refractivity contribution in [3.8, 4) is 11.5 Å². The number of carbonyl (C=O) groups is 2. The molecule has 1 aliphatic carbocycles. The predicted molar refractivity (Wildman–Crippen MR) is 93.4 cm³/mol. The molecular weight excluding hydrogens is 320 g/mol. The van der Waals surface area contributed by atoms with Crippen molar-refractivity contribution >= 4 is 11.8 Å². The molecule has 0 aromatic heterocycles. The Kier molecular flexibility index (Phi) is 5.26. The molecule has 0 saturated heterocycles. The average molecular weight is 344 g/mol. The zero-order chi connectivity index (χ0) is 17.8. The Morgan fingerprint density at radius 2 is 2.12 bits per heavy atom. The number of nitrogens with one attached hydrogen (secondary N) is 2. The second-order valence-electron chi connectivity index (χ2n) is 6.41. The Morgan fingerprint density at radius 3 is 2.88 bits per heavy atom. The van der Waals surface area contributed by atoms with Gasteiger partial charge in [-0.2, -0.15) is 0 Å². The minimum Gasteiger partial charge on any atom is -0.497 e. The Labute approximate surface area is 147 Å². The van der Waals surface area contributed by atoms with Crippen molar-refractivity contribution in [3.63, 3.8) is 0 Å². The standard InChI is InChI=1S/C19H24N2O4/c1-24-13-7-8-17(25-2)12(9-13)11-20-18(22)10-15-14-5-3-4-6-16(14)21-19(15)23/h7-9,16H,3-6,10-11H2,1-2H3,(H,20,22)(H,21,23). The lowest BCUT2D eigenvalue weighted by Crippen LogP contribution is -2.30. The predicted octanol–water partition coefficient (Wildman–Crippen LogP) is 2.08. The van der Waals surface area contributed by atoms with E-state index in [0.717, 1.165) is 36.8 Å². The van der Waals surface area contributed by atoms with Crippen LogP contribution in [0.3, 0.4) is 0 Å². The lowest BCUT2D eigenvalue weighted by molar-refractivity contribution is -0.123. The van der Waals surface area contributed by atoms with E-state index in [-0.39, 0.29) is 24.3 Å². The van der Waals surface area contributed by atoms with E-state index in [4.69, 9.17) is 9.47 Å². The molecule has 1 atom stereocenters. The van der Waals surface area contributed by atoms with E-state index in [2.05, 4.69) is 10.6 Å². The summed E-state index contributed by atoms with van der Waals surface area (Å²) in [5.41, 5.74) is 2.62. The molecule has 0 bridgehead atoms. The van der Waals surface area contributed by atoms with Crippen LogP contribution in [0.2, 0.25) is 0 Å². The van der Waals surface area contributed by atoms with Crippen molar-refractivity contribution in [3.05, 3.63) is 34.9 Å². The van der Waals surface area contributed by atoms with Gasteiger partial charge in [0.15, 0.2) is 0 Å². The topological polar surface area (TPSA) is 76.7 Å². The van der Waals surface area contributed by atoms with E-state index >= 15 is 0 Å². The van der Waals surface area contributed by atoms with Crippen molar-refractivity contribution < 1.29 is 19.1 Å². The summed E-state index contributed by atoms with van der Waals surface area (Å²) in [6, 6.07) is 5.59. The maximum Gasteiger partial charge on any atom is 0.248 e. The molecule has 3 rings (SSSR count). The summed E-state index contributed by atoms with van der Waals surface area (Å²) in [6.45, 7) is 0.326. The van der Waals surface area contributed by atoms with E-state index in [1.807, 2.05) is 18.2 Å². The zero-order valence-electron chi connectivity index (χ0n) is 14.7. The quantitative estimate of drug-likeness (QED) is 0.828. The highest BCUT2D eigenvalue weighted by atomic mass is 16.5. The molecule has 2 amide bonds. The summed E-state index contributed by atoms with van der Waals surface area (Å²) in [6.07, 6.45) is 4.24. The molecule has 1 unspecified atom stereocenters. The number of fused-ring (bicyclic) bond motifs is 1. The first-order valence-electron chi connectivity index (χ1n) is 8.62. The van der Waals surface area contributed by atoms with Crippen molar-refractivity contribution in [1.82, 2.24) is 10.6 Å². The SMILES string of the molecule is COc1ccc(OC)c(CNC(=O)CC2=C3CCCCC3NC2=O)c1. The zero-order valence-corrected chi connectivity index (χ0v) is 14.7. The molecule has 6 heteroatoms. The Balaban J connectivity index is 1.64. The number of methoxy groups -OCH3 is 2. The fourth-order valence-corrected chi connectivity index (χ4v) is 3.55. The molecule has 1 aromatic rings. The second-order valence-corrected chi connectivity index (χ2v) is 6.41. The monoisotopic (exact) mass is 344 g/mol. The number of benzene rings is 1.